The first-order chi connectivity index (χ1) is 18.7. The molecule has 1 atom stereocenters. The van der Waals surface area contributed by atoms with Crippen LogP contribution in [-0.2, 0) is 10.3 Å². The maximum Gasteiger partial charge on any atom is 0.408 e. The fraction of sp³-hybridized carbons (Fsp3) is 0.344. The van der Waals surface area contributed by atoms with Crippen LogP contribution in [0.1, 0.15) is 69.2 Å². The number of alkyl carbamates (subject to hydrolysis) is 1. The van der Waals surface area contributed by atoms with Gasteiger partial charge in [-0.05, 0) is 70.6 Å². The van der Waals surface area contributed by atoms with Crippen LogP contribution in [0, 0.1) is 6.92 Å². The van der Waals surface area contributed by atoms with Gasteiger partial charge in [-0.2, -0.15) is 5.10 Å². The number of benzene rings is 1. The Morgan fingerprint density at radius 1 is 1.13 bits per heavy atom. The number of rotatable bonds is 5. The number of amides is 1. The lowest BCUT2D eigenvalue weighted by atomic mass is 9.71. The molecular weight excluding hydrogens is 486 g/mol. The van der Waals surface area contributed by atoms with E-state index in [4.69, 9.17) is 9.72 Å². The largest absolute Gasteiger partial charge is 0.444 e. The molecule has 0 spiro atoms. The van der Waals surface area contributed by atoms with Crippen LogP contribution < -0.4 is 5.32 Å². The van der Waals surface area contributed by atoms with Crippen LogP contribution in [0.4, 0.5) is 4.79 Å². The van der Waals surface area contributed by atoms with Crippen molar-refractivity contribution in [1.29, 1.82) is 0 Å². The molecule has 2 aliphatic rings. The fourth-order valence-corrected chi connectivity index (χ4v) is 5.71. The van der Waals surface area contributed by atoms with Crippen molar-refractivity contribution in [3.8, 4) is 22.4 Å². The molecule has 39 heavy (non-hydrogen) atoms. The first-order valence-corrected chi connectivity index (χ1v) is 13.7. The monoisotopic (exact) mass is 521 g/mol. The average Bonchev–Trinajstić information content (AvgIpc) is 3.55. The molecule has 4 aromatic rings. The van der Waals surface area contributed by atoms with Gasteiger partial charge in [0.25, 0.3) is 0 Å². The quantitative estimate of drug-likeness (QED) is 0.291. The number of aryl methyl sites for hydroxylation is 1. The summed E-state index contributed by atoms with van der Waals surface area (Å²) in [6.07, 6.45) is 18.1. The second-order valence-corrected chi connectivity index (χ2v) is 11.7. The standard InChI is InChI=1S/C32H35N5O2/c1-21-17-24(25-18-33-34-19-25)20-37-28(23-9-6-5-7-10-23)27(35-29(21)37)22-11-13-26(14-12-22)32(15-8-16-32)36-30(38)39-31(2,3)4/h5-7,9,11-14,17-20,23H,8,10,15-16H2,1-4H3,(H,33,34)(H,36,38). The molecule has 7 nitrogen and oxygen atoms in total. The van der Waals surface area contributed by atoms with Crippen LogP contribution in [0.3, 0.4) is 0 Å². The van der Waals surface area contributed by atoms with Gasteiger partial charge < -0.3 is 14.5 Å². The van der Waals surface area contributed by atoms with Gasteiger partial charge in [-0.3, -0.25) is 5.10 Å². The lowest BCUT2D eigenvalue weighted by molar-refractivity contribution is 0.0377. The van der Waals surface area contributed by atoms with Crippen molar-refractivity contribution < 1.29 is 9.53 Å². The van der Waals surface area contributed by atoms with Gasteiger partial charge in [0.15, 0.2) is 0 Å². The van der Waals surface area contributed by atoms with Crippen LogP contribution in [0.25, 0.3) is 28.0 Å². The molecule has 6 rings (SSSR count). The number of nitrogens with zero attached hydrogens (tertiary/aromatic N) is 3. The number of nitrogens with one attached hydrogen (secondary N) is 2. The molecule has 0 saturated heterocycles. The molecule has 7 heteroatoms. The number of aromatic amines is 1. The number of ether oxygens (including phenoxy) is 1. The number of hydrogen-bond donors (Lipinski definition) is 2. The Morgan fingerprint density at radius 3 is 2.54 bits per heavy atom. The lowest BCUT2D eigenvalue weighted by Gasteiger charge is -2.43. The van der Waals surface area contributed by atoms with Crippen molar-refractivity contribution >= 4 is 11.7 Å². The van der Waals surface area contributed by atoms with Crippen molar-refractivity contribution in [2.24, 2.45) is 0 Å². The van der Waals surface area contributed by atoms with E-state index in [1.165, 1.54) is 5.69 Å². The van der Waals surface area contributed by atoms with Gasteiger partial charge in [0.1, 0.15) is 11.2 Å². The maximum atomic E-state index is 12.6. The maximum absolute atomic E-state index is 12.6. The highest BCUT2D eigenvalue weighted by molar-refractivity contribution is 5.73. The van der Waals surface area contributed by atoms with E-state index in [0.29, 0.717) is 0 Å². The number of pyridine rings is 1. The van der Waals surface area contributed by atoms with Crippen molar-refractivity contribution in [2.45, 2.75) is 70.4 Å². The normalized spacial score (nSPS) is 18.2. The highest BCUT2D eigenvalue weighted by atomic mass is 16.6. The minimum Gasteiger partial charge on any atom is -0.444 e. The number of fused-ring (bicyclic) bond motifs is 1. The second kappa shape index (κ2) is 9.56. The Morgan fingerprint density at radius 2 is 1.92 bits per heavy atom. The van der Waals surface area contributed by atoms with Crippen LogP contribution in [-0.4, -0.2) is 31.3 Å². The molecule has 2 N–H and O–H groups in total. The van der Waals surface area contributed by atoms with Crippen LogP contribution in [0.5, 0.6) is 0 Å². The molecule has 1 aromatic carbocycles. The number of aromatic nitrogens is 4. The van der Waals surface area contributed by atoms with Crippen LogP contribution in [0.2, 0.25) is 0 Å². The molecule has 3 aromatic heterocycles. The van der Waals surface area contributed by atoms with E-state index in [2.05, 4.69) is 87.7 Å². The fourth-order valence-electron chi connectivity index (χ4n) is 5.71. The van der Waals surface area contributed by atoms with Gasteiger partial charge in [0.2, 0.25) is 0 Å². The number of allylic oxidation sites excluding steroid dienone is 4. The SMILES string of the molecule is Cc1cc(-c2cn[nH]c2)cn2c(C3C=CC=CC3)c(-c3ccc(C4(NC(=O)OC(C)(C)C)CCC4)cc3)nc12. The molecule has 0 radical (unpaired) electrons. The molecule has 1 amide bonds. The summed E-state index contributed by atoms with van der Waals surface area (Å²) in [5.74, 6) is 0.213. The van der Waals surface area contributed by atoms with Gasteiger partial charge in [-0.1, -0.05) is 48.6 Å². The Hall–Kier alpha value is -4.13. The summed E-state index contributed by atoms with van der Waals surface area (Å²) >= 11 is 0. The van der Waals surface area contributed by atoms with Gasteiger partial charge in [0.05, 0.1) is 23.1 Å². The Balaban J connectivity index is 1.40. The Bertz CT molecular complexity index is 1570. The van der Waals surface area contributed by atoms with Crippen molar-refractivity contribution in [3.63, 3.8) is 0 Å². The summed E-state index contributed by atoms with van der Waals surface area (Å²) in [6.45, 7) is 7.77. The molecule has 1 fully saturated rings. The third-order valence-electron chi connectivity index (χ3n) is 7.76. The number of carbonyl (C=O) groups is 1. The smallest absolute Gasteiger partial charge is 0.408 e. The van der Waals surface area contributed by atoms with E-state index >= 15 is 0 Å². The molecule has 3 heterocycles. The zero-order valence-electron chi connectivity index (χ0n) is 23.0. The molecule has 0 aliphatic heterocycles. The van der Waals surface area contributed by atoms with E-state index in [-0.39, 0.29) is 17.6 Å². The second-order valence-electron chi connectivity index (χ2n) is 11.7. The number of imidazole rings is 1. The minimum absolute atomic E-state index is 0.213. The third-order valence-corrected chi connectivity index (χ3v) is 7.76. The van der Waals surface area contributed by atoms with E-state index in [9.17, 15) is 4.79 Å². The molecular formula is C32H35N5O2. The van der Waals surface area contributed by atoms with E-state index < -0.39 is 5.60 Å². The van der Waals surface area contributed by atoms with E-state index in [1.54, 1.807) is 0 Å². The Kier molecular flexibility index (Phi) is 6.17. The molecule has 0 bridgehead atoms. The van der Waals surface area contributed by atoms with Gasteiger partial charge in [-0.15, -0.1) is 0 Å². The summed E-state index contributed by atoms with van der Waals surface area (Å²) in [6, 6.07) is 10.7. The average molecular weight is 522 g/mol. The number of hydrogen-bond acceptors (Lipinski definition) is 4. The summed E-state index contributed by atoms with van der Waals surface area (Å²) in [7, 11) is 0. The highest BCUT2D eigenvalue weighted by Gasteiger charge is 2.41. The number of carbonyl (C=O) groups excluding carboxylic acids is 1. The van der Waals surface area contributed by atoms with Crippen molar-refractivity contribution in [3.05, 3.63) is 90.0 Å². The van der Waals surface area contributed by atoms with Gasteiger partial charge in [0, 0.05) is 35.0 Å². The number of H-pyrrole nitrogens is 1. The van der Waals surface area contributed by atoms with E-state index in [0.717, 1.165) is 64.8 Å². The summed E-state index contributed by atoms with van der Waals surface area (Å²) in [5, 5.41) is 10.2. The predicted octanol–water partition coefficient (Wildman–Crippen LogP) is 7.20. The predicted molar refractivity (Wildman–Crippen MR) is 153 cm³/mol. The van der Waals surface area contributed by atoms with Gasteiger partial charge in [-0.25, -0.2) is 9.78 Å². The zero-order chi connectivity index (χ0) is 27.2. The van der Waals surface area contributed by atoms with Crippen molar-refractivity contribution in [2.75, 3.05) is 0 Å². The van der Waals surface area contributed by atoms with E-state index in [1.807, 2.05) is 33.2 Å². The first-order valence-electron chi connectivity index (χ1n) is 13.7. The topological polar surface area (TPSA) is 84.3 Å². The lowest BCUT2D eigenvalue weighted by Crippen LogP contribution is -2.52. The van der Waals surface area contributed by atoms with Gasteiger partial charge >= 0.3 is 6.09 Å². The van der Waals surface area contributed by atoms with Crippen molar-refractivity contribution in [1.82, 2.24) is 24.9 Å². The molecule has 1 saturated carbocycles. The molecule has 2 aliphatic carbocycles. The minimum atomic E-state index is -0.531. The third kappa shape index (κ3) is 4.78. The van der Waals surface area contributed by atoms with Crippen LogP contribution in [0.15, 0.2) is 73.2 Å². The summed E-state index contributed by atoms with van der Waals surface area (Å²) in [5.41, 5.74) is 7.65. The first kappa shape index (κ1) is 25.2. The van der Waals surface area contributed by atoms with Crippen LogP contribution >= 0.6 is 0 Å². The zero-order valence-corrected chi connectivity index (χ0v) is 23.0. The highest BCUT2D eigenvalue weighted by Crippen LogP contribution is 2.43. The molecule has 200 valence electrons. The molecule has 1 unspecified atom stereocenters. The summed E-state index contributed by atoms with van der Waals surface area (Å²) in [4.78, 5) is 17.8. The Labute approximate surface area is 229 Å². The summed E-state index contributed by atoms with van der Waals surface area (Å²) < 4.78 is 7.82.